The van der Waals surface area contributed by atoms with Crippen LogP contribution in [0.5, 0.6) is 11.5 Å². The molecular weight excluding hydrogens is 524 g/mol. The first kappa shape index (κ1) is 23.4. The lowest BCUT2D eigenvalue weighted by molar-refractivity contribution is -0.115. The molecule has 1 aliphatic heterocycles. The lowest BCUT2D eigenvalue weighted by Crippen LogP contribution is -2.19. The molecule has 3 aromatic rings. The summed E-state index contributed by atoms with van der Waals surface area (Å²) in [6.07, 6.45) is 1.80. The van der Waals surface area contributed by atoms with E-state index in [0.29, 0.717) is 33.2 Å². The summed E-state index contributed by atoms with van der Waals surface area (Å²) in [5.41, 5.74) is 3.72. The Morgan fingerprint density at radius 3 is 2.52 bits per heavy atom. The van der Waals surface area contributed by atoms with Gasteiger partial charge in [-0.25, -0.2) is 4.99 Å². The smallest absolute Gasteiger partial charge is 0.264 e. The molecule has 0 spiro atoms. The quantitative estimate of drug-likeness (QED) is 0.344. The van der Waals surface area contributed by atoms with Crippen LogP contribution in [0.15, 0.2) is 75.0 Å². The van der Waals surface area contributed by atoms with Crippen molar-refractivity contribution in [2.24, 2.45) is 4.99 Å². The predicted octanol–water partition coefficient (Wildman–Crippen LogP) is 6.89. The second-order valence-corrected chi connectivity index (χ2v) is 9.58. The first-order valence-corrected chi connectivity index (χ1v) is 12.0. The van der Waals surface area contributed by atoms with Gasteiger partial charge in [0.1, 0.15) is 6.61 Å². The first-order valence-electron chi connectivity index (χ1n) is 10.0. The molecule has 0 atom stereocenters. The molecule has 33 heavy (non-hydrogen) atoms. The normalized spacial score (nSPS) is 15.7. The standard InChI is InChI=1S/C25H20BrClN2O3S/c1-15-3-9-19(10-4-15)28-25-29-24(30)23(33-25)12-17-11-21(31-2)22(13-20(17)26)32-14-16-5-7-18(27)8-6-16/h3-13H,14H2,1-2H3,(H,28,29,30)/b23-12+. The van der Waals surface area contributed by atoms with Crippen molar-refractivity contribution in [3.8, 4) is 11.5 Å². The maximum Gasteiger partial charge on any atom is 0.264 e. The van der Waals surface area contributed by atoms with Crippen LogP contribution in [-0.2, 0) is 11.4 Å². The summed E-state index contributed by atoms with van der Waals surface area (Å²) in [5.74, 6) is 0.961. The highest BCUT2D eigenvalue weighted by Gasteiger charge is 2.24. The molecule has 168 valence electrons. The molecule has 8 heteroatoms. The zero-order valence-electron chi connectivity index (χ0n) is 17.9. The molecule has 0 saturated carbocycles. The molecule has 1 heterocycles. The Labute approximate surface area is 210 Å². The highest BCUT2D eigenvalue weighted by atomic mass is 79.9. The number of nitrogens with one attached hydrogen (secondary N) is 1. The Morgan fingerprint density at radius 1 is 1.09 bits per heavy atom. The number of aryl methyl sites for hydroxylation is 1. The van der Waals surface area contributed by atoms with E-state index < -0.39 is 0 Å². The summed E-state index contributed by atoms with van der Waals surface area (Å²) in [6.45, 7) is 2.39. The van der Waals surface area contributed by atoms with Gasteiger partial charge in [0, 0.05) is 9.50 Å². The van der Waals surface area contributed by atoms with Crippen molar-refractivity contribution in [2.45, 2.75) is 13.5 Å². The minimum Gasteiger partial charge on any atom is -0.493 e. The highest BCUT2D eigenvalue weighted by Crippen LogP contribution is 2.37. The van der Waals surface area contributed by atoms with E-state index in [0.717, 1.165) is 26.9 Å². The van der Waals surface area contributed by atoms with Gasteiger partial charge in [0.05, 0.1) is 17.7 Å². The van der Waals surface area contributed by atoms with Gasteiger partial charge >= 0.3 is 0 Å². The van der Waals surface area contributed by atoms with E-state index in [1.807, 2.05) is 67.6 Å². The van der Waals surface area contributed by atoms with E-state index in [1.54, 1.807) is 13.2 Å². The van der Waals surface area contributed by atoms with Gasteiger partial charge in [0.15, 0.2) is 16.7 Å². The number of aliphatic imine (C=N–C) groups is 1. The molecule has 3 aromatic carbocycles. The van der Waals surface area contributed by atoms with E-state index >= 15 is 0 Å². The minimum atomic E-state index is -0.195. The van der Waals surface area contributed by atoms with Crippen LogP contribution in [0, 0.1) is 6.92 Å². The number of nitrogens with zero attached hydrogens (tertiary/aromatic N) is 1. The fraction of sp³-hybridized carbons (Fsp3) is 0.120. The number of halogens is 2. The van der Waals surface area contributed by atoms with Gasteiger partial charge in [-0.05, 0) is 72.3 Å². The molecule has 0 unspecified atom stereocenters. The molecule has 0 radical (unpaired) electrons. The van der Waals surface area contributed by atoms with Gasteiger partial charge < -0.3 is 14.8 Å². The molecule has 1 amide bonds. The number of thioether (sulfide) groups is 1. The summed E-state index contributed by atoms with van der Waals surface area (Å²) >= 11 is 10.8. The maximum absolute atomic E-state index is 12.5. The van der Waals surface area contributed by atoms with Gasteiger partial charge in [-0.3, -0.25) is 4.79 Å². The molecule has 1 saturated heterocycles. The van der Waals surface area contributed by atoms with Crippen LogP contribution >= 0.6 is 39.3 Å². The fourth-order valence-electron chi connectivity index (χ4n) is 3.03. The summed E-state index contributed by atoms with van der Waals surface area (Å²) in [5, 5.41) is 4.04. The molecule has 0 bridgehead atoms. The topological polar surface area (TPSA) is 59.9 Å². The number of hydrogen-bond acceptors (Lipinski definition) is 5. The van der Waals surface area contributed by atoms with Gasteiger partial charge in [-0.1, -0.05) is 57.4 Å². The average molecular weight is 544 g/mol. The van der Waals surface area contributed by atoms with Crippen LogP contribution in [-0.4, -0.2) is 18.2 Å². The van der Waals surface area contributed by atoms with E-state index in [4.69, 9.17) is 21.1 Å². The van der Waals surface area contributed by atoms with Crippen LogP contribution in [0.25, 0.3) is 6.08 Å². The molecule has 1 N–H and O–H groups in total. The third kappa shape index (κ3) is 5.99. The van der Waals surface area contributed by atoms with Crippen molar-refractivity contribution < 1.29 is 14.3 Å². The van der Waals surface area contributed by atoms with Gasteiger partial charge in [0.25, 0.3) is 5.91 Å². The lowest BCUT2D eigenvalue weighted by Gasteiger charge is -2.13. The Hall–Kier alpha value is -2.74. The number of ether oxygens (including phenoxy) is 2. The van der Waals surface area contributed by atoms with Gasteiger partial charge in [0.2, 0.25) is 0 Å². The number of carbonyl (C=O) groups excluding carboxylic acids is 1. The van der Waals surface area contributed by atoms with Crippen LogP contribution in [0.3, 0.4) is 0 Å². The second kappa shape index (κ2) is 10.5. The zero-order chi connectivity index (χ0) is 23.4. The van der Waals surface area contributed by atoms with E-state index in [1.165, 1.54) is 11.8 Å². The number of carbonyl (C=O) groups is 1. The van der Waals surface area contributed by atoms with Gasteiger partial charge in [-0.15, -0.1) is 0 Å². The summed E-state index contributed by atoms with van der Waals surface area (Å²) in [4.78, 5) is 17.5. The van der Waals surface area contributed by atoms with Crippen molar-refractivity contribution in [1.82, 2.24) is 5.32 Å². The second-order valence-electron chi connectivity index (χ2n) is 7.26. The molecule has 4 rings (SSSR count). The van der Waals surface area contributed by atoms with Crippen LogP contribution in [0.2, 0.25) is 5.02 Å². The number of benzene rings is 3. The molecular formula is C25H20BrClN2O3S. The minimum absolute atomic E-state index is 0.195. The number of amides is 1. The van der Waals surface area contributed by atoms with Crippen molar-refractivity contribution >= 4 is 62.1 Å². The molecule has 0 aliphatic carbocycles. The summed E-state index contributed by atoms with van der Waals surface area (Å²) < 4.78 is 12.2. The number of rotatable bonds is 6. The summed E-state index contributed by atoms with van der Waals surface area (Å²) in [7, 11) is 1.58. The van der Waals surface area contributed by atoms with E-state index in [-0.39, 0.29) is 5.91 Å². The monoisotopic (exact) mass is 542 g/mol. The largest absolute Gasteiger partial charge is 0.493 e. The van der Waals surface area contributed by atoms with Crippen molar-refractivity contribution in [3.63, 3.8) is 0 Å². The van der Waals surface area contributed by atoms with Crippen molar-refractivity contribution in [1.29, 1.82) is 0 Å². The van der Waals surface area contributed by atoms with Crippen LogP contribution < -0.4 is 14.8 Å². The Kier molecular flexibility index (Phi) is 7.42. The average Bonchev–Trinajstić information content (AvgIpc) is 3.14. The van der Waals surface area contributed by atoms with Crippen LogP contribution in [0.4, 0.5) is 5.69 Å². The molecule has 0 aromatic heterocycles. The molecule has 1 fully saturated rings. The number of methoxy groups -OCH3 is 1. The summed E-state index contributed by atoms with van der Waals surface area (Å²) in [6, 6.07) is 18.9. The SMILES string of the molecule is COc1cc(/C=C2/SC(=Nc3ccc(C)cc3)NC2=O)c(Br)cc1OCc1ccc(Cl)cc1. The molecule has 1 aliphatic rings. The fourth-order valence-corrected chi connectivity index (χ4v) is 4.43. The predicted molar refractivity (Wildman–Crippen MR) is 138 cm³/mol. The van der Waals surface area contributed by atoms with Gasteiger partial charge in [-0.2, -0.15) is 0 Å². The Bertz CT molecular complexity index is 1240. The molecule has 5 nitrogen and oxygen atoms in total. The van der Waals surface area contributed by atoms with Crippen molar-refractivity contribution in [2.75, 3.05) is 7.11 Å². The van der Waals surface area contributed by atoms with E-state index in [2.05, 4.69) is 26.2 Å². The lowest BCUT2D eigenvalue weighted by atomic mass is 10.1. The Morgan fingerprint density at radius 2 is 1.82 bits per heavy atom. The van der Waals surface area contributed by atoms with Crippen molar-refractivity contribution in [3.05, 3.63) is 91.8 Å². The number of amidine groups is 1. The zero-order valence-corrected chi connectivity index (χ0v) is 21.1. The highest BCUT2D eigenvalue weighted by molar-refractivity contribution is 9.10. The van der Waals surface area contributed by atoms with Crippen LogP contribution in [0.1, 0.15) is 16.7 Å². The van der Waals surface area contributed by atoms with E-state index in [9.17, 15) is 4.79 Å². The third-order valence-corrected chi connectivity index (χ3v) is 6.64. The Balaban J connectivity index is 1.53. The third-order valence-electron chi connectivity index (χ3n) is 4.79. The maximum atomic E-state index is 12.5. The first-order chi connectivity index (χ1) is 15.9. The number of hydrogen-bond donors (Lipinski definition) is 1.